The van der Waals surface area contributed by atoms with Crippen LogP contribution >= 0.6 is 0 Å². The van der Waals surface area contributed by atoms with Crippen LogP contribution in [0.2, 0.25) is 0 Å². The lowest BCUT2D eigenvalue weighted by molar-refractivity contribution is -0.138. The average molecular weight is 310 g/mol. The van der Waals surface area contributed by atoms with Crippen molar-refractivity contribution in [3.05, 3.63) is 48.0 Å². The number of carbonyl (C=O) groups excluding carboxylic acids is 2. The number of carbonyl (C=O) groups is 2. The van der Waals surface area contributed by atoms with Gasteiger partial charge in [0.1, 0.15) is 6.04 Å². The Balaban J connectivity index is 1.51. The Labute approximate surface area is 136 Å². The predicted octanol–water partition coefficient (Wildman–Crippen LogP) is 1.97. The molecule has 1 aromatic rings. The Bertz CT molecular complexity index is 655. The van der Waals surface area contributed by atoms with Crippen molar-refractivity contribution in [1.29, 1.82) is 0 Å². The van der Waals surface area contributed by atoms with E-state index in [0.29, 0.717) is 30.2 Å². The number of fused-ring (bicyclic) bond motifs is 5. The van der Waals surface area contributed by atoms with Crippen molar-refractivity contribution in [2.45, 2.75) is 25.9 Å². The summed E-state index contributed by atoms with van der Waals surface area (Å²) in [6.45, 7) is 2.83. The van der Waals surface area contributed by atoms with Crippen molar-refractivity contribution in [1.82, 2.24) is 10.2 Å². The first-order valence-electron chi connectivity index (χ1n) is 8.42. The van der Waals surface area contributed by atoms with Gasteiger partial charge in [-0.2, -0.15) is 0 Å². The van der Waals surface area contributed by atoms with Crippen LogP contribution in [0, 0.1) is 23.7 Å². The first-order chi connectivity index (χ1) is 11.1. The minimum Gasteiger partial charge on any atom is -0.350 e. The Morgan fingerprint density at radius 2 is 1.91 bits per heavy atom. The molecule has 4 rings (SSSR count). The minimum atomic E-state index is -0.304. The van der Waals surface area contributed by atoms with Crippen LogP contribution in [0.1, 0.15) is 18.9 Å². The van der Waals surface area contributed by atoms with Crippen molar-refractivity contribution in [2.75, 3.05) is 6.54 Å². The molecular formula is C19H22N2O2. The zero-order chi connectivity index (χ0) is 16.0. The van der Waals surface area contributed by atoms with E-state index in [2.05, 4.69) is 17.5 Å². The predicted molar refractivity (Wildman–Crippen MR) is 87.2 cm³/mol. The van der Waals surface area contributed by atoms with E-state index in [-0.39, 0.29) is 17.9 Å². The molecule has 2 amide bonds. The number of hydrogen-bond acceptors (Lipinski definition) is 2. The molecule has 0 spiro atoms. The maximum atomic E-state index is 12.8. The van der Waals surface area contributed by atoms with Crippen molar-refractivity contribution in [3.63, 3.8) is 0 Å². The second kappa shape index (κ2) is 5.52. The van der Waals surface area contributed by atoms with Crippen LogP contribution in [0.4, 0.5) is 0 Å². The van der Waals surface area contributed by atoms with Crippen molar-refractivity contribution < 1.29 is 9.59 Å². The summed E-state index contributed by atoms with van der Waals surface area (Å²) in [7, 11) is 0. The number of amides is 2. The van der Waals surface area contributed by atoms with E-state index in [4.69, 9.17) is 0 Å². The fourth-order valence-electron chi connectivity index (χ4n) is 4.77. The number of nitrogens with zero attached hydrogens (tertiary/aromatic N) is 1. The summed E-state index contributed by atoms with van der Waals surface area (Å²) in [6, 6.07) is 9.60. The van der Waals surface area contributed by atoms with Crippen molar-refractivity contribution >= 4 is 11.8 Å². The van der Waals surface area contributed by atoms with Gasteiger partial charge in [-0.3, -0.25) is 9.59 Å². The van der Waals surface area contributed by atoms with E-state index in [0.717, 1.165) is 18.5 Å². The number of nitrogens with one attached hydrogen (secondary N) is 1. The van der Waals surface area contributed by atoms with Crippen molar-refractivity contribution in [2.24, 2.45) is 23.7 Å². The monoisotopic (exact) mass is 310 g/mol. The number of allylic oxidation sites excluding steroid dienone is 2. The molecule has 3 aliphatic rings. The highest BCUT2D eigenvalue weighted by Crippen LogP contribution is 2.53. The largest absolute Gasteiger partial charge is 0.350 e. The molecule has 1 N–H and O–H groups in total. The summed E-state index contributed by atoms with van der Waals surface area (Å²) in [5, 5.41) is 3.04. The third-order valence-electron chi connectivity index (χ3n) is 5.78. The van der Waals surface area contributed by atoms with Gasteiger partial charge in [-0.05, 0) is 35.7 Å². The van der Waals surface area contributed by atoms with E-state index >= 15 is 0 Å². The number of likely N-dealkylation sites (tertiary alicyclic amines) is 1. The molecule has 0 radical (unpaired) electrons. The zero-order valence-electron chi connectivity index (χ0n) is 13.3. The van der Waals surface area contributed by atoms with Gasteiger partial charge in [-0.1, -0.05) is 42.5 Å². The number of benzene rings is 1. The van der Waals surface area contributed by atoms with Gasteiger partial charge in [0.25, 0.3) is 0 Å². The molecule has 5 atom stereocenters. The Kier molecular flexibility index (Phi) is 3.47. The molecule has 4 heteroatoms. The summed E-state index contributed by atoms with van der Waals surface area (Å²) in [6.07, 6.45) is 5.70. The Morgan fingerprint density at radius 1 is 1.17 bits per heavy atom. The molecule has 4 nitrogen and oxygen atoms in total. The Hall–Kier alpha value is -2.10. The molecule has 0 aromatic heterocycles. The van der Waals surface area contributed by atoms with Gasteiger partial charge in [-0.25, -0.2) is 0 Å². The summed E-state index contributed by atoms with van der Waals surface area (Å²) in [5.74, 6) is 1.78. The fraction of sp³-hybridized carbons (Fsp3) is 0.474. The summed E-state index contributed by atoms with van der Waals surface area (Å²) >= 11 is 0. The quantitative estimate of drug-likeness (QED) is 0.868. The molecule has 5 unspecified atom stereocenters. The van der Waals surface area contributed by atoms with Gasteiger partial charge in [0.2, 0.25) is 11.8 Å². The van der Waals surface area contributed by atoms with E-state index < -0.39 is 0 Å². The summed E-state index contributed by atoms with van der Waals surface area (Å²) < 4.78 is 0. The van der Waals surface area contributed by atoms with E-state index in [9.17, 15) is 9.59 Å². The normalized spacial score (nSPS) is 33.8. The van der Waals surface area contributed by atoms with Crippen LogP contribution in [-0.4, -0.2) is 29.3 Å². The van der Waals surface area contributed by atoms with Crippen LogP contribution in [0.15, 0.2) is 42.5 Å². The molecule has 1 saturated carbocycles. The average Bonchev–Trinajstić information content (AvgIpc) is 3.24. The lowest BCUT2D eigenvalue weighted by atomic mass is 9.81. The topological polar surface area (TPSA) is 49.4 Å². The fourth-order valence-corrected chi connectivity index (χ4v) is 4.77. The molecule has 1 aromatic carbocycles. The molecule has 23 heavy (non-hydrogen) atoms. The molecular weight excluding hydrogens is 288 g/mol. The minimum absolute atomic E-state index is 0.00231. The third-order valence-corrected chi connectivity index (χ3v) is 5.78. The molecule has 2 fully saturated rings. The van der Waals surface area contributed by atoms with Gasteiger partial charge in [0, 0.05) is 20.0 Å². The second-order valence-corrected chi connectivity index (χ2v) is 7.01. The van der Waals surface area contributed by atoms with Crippen LogP contribution in [0.25, 0.3) is 0 Å². The molecule has 120 valence electrons. The standard InChI is InChI=1S/C19H22N2O2/c1-12(22)21-11-16-14-7-8-15(9-14)17(16)18(21)19(23)20-10-13-5-3-2-4-6-13/h2-8,14-18H,9-11H2,1H3,(H,20,23). The van der Waals surface area contributed by atoms with Crippen LogP contribution < -0.4 is 5.32 Å². The van der Waals surface area contributed by atoms with Gasteiger partial charge in [0.15, 0.2) is 0 Å². The third kappa shape index (κ3) is 2.37. The van der Waals surface area contributed by atoms with E-state index in [1.807, 2.05) is 30.3 Å². The second-order valence-electron chi connectivity index (χ2n) is 7.01. The van der Waals surface area contributed by atoms with Crippen LogP contribution in [-0.2, 0) is 16.1 Å². The molecule has 2 aliphatic carbocycles. The Morgan fingerprint density at radius 3 is 2.65 bits per heavy atom. The SMILES string of the molecule is CC(=O)N1CC2C3C=CC(C3)C2C1C(=O)NCc1ccccc1. The molecule has 2 bridgehead atoms. The number of rotatable bonds is 3. The first kappa shape index (κ1) is 14.5. The highest BCUT2D eigenvalue weighted by molar-refractivity contribution is 5.88. The highest BCUT2D eigenvalue weighted by atomic mass is 16.2. The molecule has 1 heterocycles. The van der Waals surface area contributed by atoms with E-state index in [1.54, 1.807) is 11.8 Å². The van der Waals surface area contributed by atoms with Gasteiger partial charge in [-0.15, -0.1) is 0 Å². The number of hydrogen-bond donors (Lipinski definition) is 1. The molecule has 1 saturated heterocycles. The highest BCUT2D eigenvalue weighted by Gasteiger charge is 2.57. The lowest BCUT2D eigenvalue weighted by Gasteiger charge is -2.28. The van der Waals surface area contributed by atoms with Crippen LogP contribution in [0.3, 0.4) is 0 Å². The van der Waals surface area contributed by atoms with Gasteiger partial charge < -0.3 is 10.2 Å². The zero-order valence-corrected chi connectivity index (χ0v) is 13.3. The summed E-state index contributed by atoms with van der Waals surface area (Å²) in [5.41, 5.74) is 1.08. The van der Waals surface area contributed by atoms with E-state index in [1.165, 1.54) is 0 Å². The summed E-state index contributed by atoms with van der Waals surface area (Å²) in [4.78, 5) is 26.6. The first-order valence-corrected chi connectivity index (χ1v) is 8.42. The van der Waals surface area contributed by atoms with Gasteiger partial charge >= 0.3 is 0 Å². The smallest absolute Gasteiger partial charge is 0.243 e. The van der Waals surface area contributed by atoms with Gasteiger partial charge in [0.05, 0.1) is 0 Å². The van der Waals surface area contributed by atoms with Crippen LogP contribution in [0.5, 0.6) is 0 Å². The van der Waals surface area contributed by atoms with Crippen molar-refractivity contribution in [3.8, 4) is 0 Å². The maximum Gasteiger partial charge on any atom is 0.243 e. The lowest BCUT2D eigenvalue weighted by Crippen LogP contribution is -2.48. The maximum absolute atomic E-state index is 12.8. The molecule has 1 aliphatic heterocycles.